The van der Waals surface area contributed by atoms with E-state index in [1.54, 1.807) is 35.4 Å². The molecule has 0 aliphatic carbocycles. The maximum Gasteiger partial charge on any atom is 0.326 e. The number of amides is 2. The van der Waals surface area contributed by atoms with Crippen molar-refractivity contribution in [1.29, 1.82) is 5.26 Å². The number of nitrogens with zero attached hydrogens (tertiary/aromatic N) is 3. The summed E-state index contributed by atoms with van der Waals surface area (Å²) in [6.45, 7) is 0.865. The summed E-state index contributed by atoms with van der Waals surface area (Å²) in [6.07, 6.45) is 4.14. The third kappa shape index (κ3) is 6.42. The Morgan fingerprint density at radius 2 is 1.93 bits per heavy atom. The summed E-state index contributed by atoms with van der Waals surface area (Å²) < 4.78 is 5.30. The molecule has 0 unspecified atom stereocenters. The van der Waals surface area contributed by atoms with E-state index >= 15 is 0 Å². The summed E-state index contributed by atoms with van der Waals surface area (Å²) in [5.74, 6) is -1.75. The molecule has 9 nitrogen and oxygen atoms in total. The molecule has 204 valence electrons. The Balaban J connectivity index is 1.41. The van der Waals surface area contributed by atoms with Crippen molar-refractivity contribution < 1.29 is 24.2 Å². The van der Waals surface area contributed by atoms with E-state index in [2.05, 4.69) is 10.3 Å². The zero-order valence-corrected chi connectivity index (χ0v) is 22.9. The van der Waals surface area contributed by atoms with Crippen molar-refractivity contribution >= 4 is 46.6 Å². The molecule has 0 radical (unpaired) electrons. The number of aliphatic carboxylic acids is 1. The number of methoxy groups -OCH3 is 1. The van der Waals surface area contributed by atoms with E-state index in [-0.39, 0.29) is 27.9 Å². The summed E-state index contributed by atoms with van der Waals surface area (Å²) in [5, 5.41) is 21.5. The minimum absolute atomic E-state index is 0.00905. The van der Waals surface area contributed by atoms with Gasteiger partial charge in [0.2, 0.25) is 0 Å². The van der Waals surface area contributed by atoms with Crippen LogP contribution in [0.5, 0.6) is 5.75 Å². The fraction of sp³-hybridized carbons (Fsp3) is 0.207. The van der Waals surface area contributed by atoms with Crippen LogP contribution in [0.3, 0.4) is 0 Å². The minimum atomic E-state index is -1.24. The summed E-state index contributed by atoms with van der Waals surface area (Å²) in [5.41, 5.74) is 3.14. The number of pyridine rings is 1. The number of rotatable bonds is 8. The number of nitrogens with one attached hydrogen (secondary N) is 1. The van der Waals surface area contributed by atoms with Gasteiger partial charge in [0.05, 0.1) is 39.9 Å². The van der Waals surface area contributed by atoms with Crippen LogP contribution >= 0.6 is 23.2 Å². The molecular weight excluding hydrogens is 555 g/mol. The predicted octanol–water partition coefficient (Wildman–Crippen LogP) is 4.62. The van der Waals surface area contributed by atoms with E-state index in [1.165, 1.54) is 25.3 Å². The van der Waals surface area contributed by atoms with Gasteiger partial charge in [-0.2, -0.15) is 5.26 Å². The van der Waals surface area contributed by atoms with Gasteiger partial charge in [0.15, 0.2) is 0 Å². The third-order valence-electron chi connectivity index (χ3n) is 6.46. The topological polar surface area (TPSA) is 133 Å². The SMILES string of the molecule is COc1cc(C#N)ccc1C(=O)N1CC=C(c2ccc(C[C@H](NC(=O)c3c(Cl)cccc3Cl)C(=O)O)nc2)CC1. The molecule has 0 saturated carbocycles. The monoisotopic (exact) mass is 578 g/mol. The number of ether oxygens (including phenoxy) is 1. The van der Waals surface area contributed by atoms with Crippen molar-refractivity contribution in [2.45, 2.75) is 18.9 Å². The Morgan fingerprint density at radius 1 is 1.18 bits per heavy atom. The molecule has 1 atom stereocenters. The van der Waals surface area contributed by atoms with Crippen LogP contribution in [0.2, 0.25) is 10.0 Å². The standard InChI is InChI=1S/C29H24Cl2N4O5/c1-40-25-13-17(15-32)5-8-21(25)28(37)35-11-9-18(10-12-35)19-6-7-20(33-16-19)14-24(29(38)39)34-27(36)26-22(30)3-2-4-23(26)31/h2-9,13,16,24H,10-12,14H2,1H3,(H,34,36)(H,38,39)/t24-/m0/s1. The first-order valence-corrected chi connectivity index (χ1v) is 13.0. The van der Waals surface area contributed by atoms with Crippen molar-refractivity contribution in [2.24, 2.45) is 0 Å². The Labute approximate surface area is 240 Å². The highest BCUT2D eigenvalue weighted by Gasteiger charge is 2.25. The number of benzene rings is 2. The second kappa shape index (κ2) is 12.6. The average molecular weight is 579 g/mol. The van der Waals surface area contributed by atoms with Gasteiger partial charge in [-0.25, -0.2) is 4.79 Å². The van der Waals surface area contributed by atoms with Crippen LogP contribution in [0.25, 0.3) is 5.57 Å². The lowest BCUT2D eigenvalue weighted by atomic mass is 9.99. The molecule has 0 saturated heterocycles. The summed E-state index contributed by atoms with van der Waals surface area (Å²) in [6, 6.07) is 13.6. The number of nitriles is 1. The first-order valence-electron chi connectivity index (χ1n) is 12.2. The Bertz CT molecular complexity index is 1510. The van der Waals surface area contributed by atoms with Gasteiger partial charge >= 0.3 is 5.97 Å². The number of carboxylic acids is 1. The molecule has 1 aliphatic heterocycles. The Morgan fingerprint density at radius 3 is 2.50 bits per heavy atom. The van der Waals surface area contributed by atoms with Gasteiger partial charge in [0, 0.05) is 31.4 Å². The molecule has 4 rings (SSSR count). The highest BCUT2D eigenvalue weighted by molar-refractivity contribution is 6.39. The number of hydrogen-bond donors (Lipinski definition) is 2. The number of carbonyl (C=O) groups is 3. The van der Waals surface area contributed by atoms with Crippen LogP contribution in [-0.4, -0.2) is 59.0 Å². The van der Waals surface area contributed by atoms with Crippen molar-refractivity contribution in [3.8, 4) is 11.8 Å². The zero-order valence-electron chi connectivity index (χ0n) is 21.4. The molecule has 3 aromatic rings. The van der Waals surface area contributed by atoms with Crippen molar-refractivity contribution in [1.82, 2.24) is 15.2 Å². The summed E-state index contributed by atoms with van der Waals surface area (Å²) in [7, 11) is 1.46. The molecule has 11 heteroatoms. The zero-order chi connectivity index (χ0) is 28.8. The fourth-order valence-electron chi connectivity index (χ4n) is 4.31. The molecular formula is C29H24Cl2N4O5. The molecule has 0 bridgehead atoms. The van der Waals surface area contributed by atoms with Crippen LogP contribution in [0.1, 0.15) is 44.0 Å². The van der Waals surface area contributed by atoms with E-state index < -0.39 is 17.9 Å². The van der Waals surface area contributed by atoms with Crippen LogP contribution in [0.4, 0.5) is 0 Å². The molecule has 40 heavy (non-hydrogen) atoms. The van der Waals surface area contributed by atoms with Crippen molar-refractivity contribution in [2.75, 3.05) is 20.2 Å². The first kappa shape index (κ1) is 28.6. The van der Waals surface area contributed by atoms with Gasteiger partial charge < -0.3 is 20.1 Å². The van der Waals surface area contributed by atoms with Crippen molar-refractivity contribution in [3.63, 3.8) is 0 Å². The number of aromatic nitrogens is 1. The van der Waals surface area contributed by atoms with Crippen LogP contribution in [0.15, 0.2) is 60.8 Å². The number of carboxylic acid groups (broad SMARTS) is 1. The fourth-order valence-corrected chi connectivity index (χ4v) is 4.88. The number of carbonyl (C=O) groups excluding carboxylic acids is 2. The van der Waals surface area contributed by atoms with E-state index in [4.69, 9.17) is 33.2 Å². The molecule has 1 aliphatic rings. The lowest BCUT2D eigenvalue weighted by Crippen LogP contribution is -2.42. The smallest absolute Gasteiger partial charge is 0.326 e. The van der Waals surface area contributed by atoms with Gasteiger partial charge in [-0.1, -0.05) is 41.4 Å². The maximum absolute atomic E-state index is 13.1. The second-order valence-corrected chi connectivity index (χ2v) is 9.78. The molecule has 0 spiro atoms. The third-order valence-corrected chi connectivity index (χ3v) is 7.09. The Kier molecular flexibility index (Phi) is 9.04. The van der Waals surface area contributed by atoms with Gasteiger partial charge in [-0.15, -0.1) is 0 Å². The molecule has 1 aromatic heterocycles. The highest BCUT2D eigenvalue weighted by atomic mass is 35.5. The second-order valence-electron chi connectivity index (χ2n) is 8.96. The average Bonchev–Trinajstić information content (AvgIpc) is 2.96. The van der Waals surface area contributed by atoms with Crippen LogP contribution < -0.4 is 10.1 Å². The first-order chi connectivity index (χ1) is 19.2. The largest absolute Gasteiger partial charge is 0.496 e. The minimum Gasteiger partial charge on any atom is -0.496 e. The van der Waals surface area contributed by atoms with E-state index in [0.29, 0.717) is 42.1 Å². The van der Waals surface area contributed by atoms with Crippen LogP contribution in [-0.2, 0) is 11.2 Å². The van der Waals surface area contributed by atoms with Crippen LogP contribution in [0, 0.1) is 11.3 Å². The lowest BCUT2D eigenvalue weighted by molar-refractivity contribution is -0.139. The Hall–Kier alpha value is -4.39. The molecule has 2 aromatic carbocycles. The van der Waals surface area contributed by atoms with Gasteiger partial charge in [0.25, 0.3) is 11.8 Å². The van der Waals surface area contributed by atoms with Gasteiger partial charge in [-0.3, -0.25) is 14.6 Å². The predicted molar refractivity (Wildman–Crippen MR) is 149 cm³/mol. The molecule has 2 amide bonds. The van der Waals surface area contributed by atoms with Crippen molar-refractivity contribution in [3.05, 3.63) is 98.8 Å². The van der Waals surface area contributed by atoms with E-state index in [9.17, 15) is 19.5 Å². The summed E-state index contributed by atoms with van der Waals surface area (Å²) >= 11 is 12.1. The highest BCUT2D eigenvalue weighted by Crippen LogP contribution is 2.27. The number of hydrogen-bond acceptors (Lipinski definition) is 6. The lowest BCUT2D eigenvalue weighted by Gasteiger charge is -2.27. The summed E-state index contributed by atoms with van der Waals surface area (Å²) in [4.78, 5) is 43.7. The van der Waals surface area contributed by atoms with E-state index in [0.717, 1.165) is 11.1 Å². The van der Waals surface area contributed by atoms with Gasteiger partial charge in [0.1, 0.15) is 11.8 Å². The normalized spacial score (nSPS) is 13.6. The molecule has 2 heterocycles. The maximum atomic E-state index is 13.1. The number of halogens is 2. The molecule has 2 N–H and O–H groups in total. The van der Waals surface area contributed by atoms with Gasteiger partial charge in [-0.05, 0) is 54.0 Å². The quantitative estimate of drug-likeness (QED) is 0.398. The molecule has 0 fully saturated rings. The van der Waals surface area contributed by atoms with E-state index in [1.807, 2.05) is 18.2 Å².